The van der Waals surface area contributed by atoms with Gasteiger partial charge in [-0.2, -0.15) is 0 Å². The Hall–Kier alpha value is -1.32. The van der Waals surface area contributed by atoms with Crippen LogP contribution in [0.2, 0.25) is 0 Å². The normalized spacial score (nSPS) is 42.3. The fraction of sp³-hybridized carbons (Fsp3) is 0.500. The van der Waals surface area contributed by atoms with Crippen molar-refractivity contribution in [1.29, 1.82) is 0 Å². The first kappa shape index (κ1) is 6.22. The standard InChI is InChI=1S/C8H7NO3/c10-6-2-5-7(4-1-3(4)6)12-8(11)9-5/h2-4,7H,1H2,(H,9,11)/t3-,4+,7+/m0/s1. The summed E-state index contributed by atoms with van der Waals surface area (Å²) >= 11 is 0. The van der Waals surface area contributed by atoms with Crippen LogP contribution in [0.25, 0.3) is 0 Å². The molecule has 1 amide bonds. The molecule has 1 aliphatic heterocycles. The fourth-order valence-electron chi connectivity index (χ4n) is 1.97. The van der Waals surface area contributed by atoms with Crippen molar-refractivity contribution in [3.8, 4) is 0 Å². The highest BCUT2D eigenvalue weighted by Crippen LogP contribution is 2.49. The summed E-state index contributed by atoms with van der Waals surface area (Å²) < 4.78 is 5.00. The van der Waals surface area contributed by atoms with Gasteiger partial charge in [0.1, 0.15) is 6.10 Å². The first-order chi connectivity index (χ1) is 5.75. The summed E-state index contributed by atoms with van der Waals surface area (Å²) in [5, 5.41) is 2.52. The molecule has 0 spiro atoms. The molecule has 2 fully saturated rings. The number of allylic oxidation sites excluding steroid dienone is 1. The Bertz CT molecular complexity index is 320. The van der Waals surface area contributed by atoms with Crippen LogP contribution in [0.3, 0.4) is 0 Å². The molecular weight excluding hydrogens is 158 g/mol. The van der Waals surface area contributed by atoms with Gasteiger partial charge < -0.3 is 4.74 Å². The van der Waals surface area contributed by atoms with Gasteiger partial charge >= 0.3 is 6.09 Å². The molecule has 1 heterocycles. The van der Waals surface area contributed by atoms with Gasteiger partial charge in [0.25, 0.3) is 0 Å². The van der Waals surface area contributed by atoms with Crippen molar-refractivity contribution in [3.05, 3.63) is 11.8 Å². The lowest BCUT2D eigenvalue weighted by molar-refractivity contribution is -0.116. The van der Waals surface area contributed by atoms with Crippen LogP contribution in [0.5, 0.6) is 0 Å². The van der Waals surface area contributed by atoms with Crippen molar-refractivity contribution >= 4 is 11.9 Å². The second-order valence-electron chi connectivity index (χ2n) is 3.46. The van der Waals surface area contributed by atoms with Gasteiger partial charge in [-0.3, -0.25) is 10.1 Å². The van der Waals surface area contributed by atoms with Crippen LogP contribution in [-0.2, 0) is 9.53 Å². The summed E-state index contributed by atoms with van der Waals surface area (Å²) in [7, 11) is 0. The molecule has 0 aromatic rings. The molecule has 1 saturated heterocycles. The van der Waals surface area contributed by atoms with E-state index in [1.165, 1.54) is 6.08 Å². The topological polar surface area (TPSA) is 55.4 Å². The molecule has 0 unspecified atom stereocenters. The zero-order valence-corrected chi connectivity index (χ0v) is 6.24. The van der Waals surface area contributed by atoms with E-state index < -0.39 is 6.09 Å². The Morgan fingerprint density at radius 1 is 1.50 bits per heavy atom. The average Bonchev–Trinajstić information content (AvgIpc) is 2.71. The summed E-state index contributed by atoms with van der Waals surface area (Å²) in [6.45, 7) is 0. The predicted octanol–water partition coefficient (Wildman–Crippen LogP) is 0.198. The van der Waals surface area contributed by atoms with Gasteiger partial charge in [-0.15, -0.1) is 0 Å². The van der Waals surface area contributed by atoms with Crippen molar-refractivity contribution in [1.82, 2.24) is 5.32 Å². The van der Waals surface area contributed by atoms with Crippen molar-refractivity contribution < 1.29 is 14.3 Å². The van der Waals surface area contributed by atoms with Crippen LogP contribution in [0.15, 0.2) is 11.8 Å². The number of ketones is 1. The average molecular weight is 165 g/mol. The van der Waals surface area contributed by atoms with E-state index in [0.29, 0.717) is 5.70 Å². The van der Waals surface area contributed by atoms with Crippen LogP contribution >= 0.6 is 0 Å². The Morgan fingerprint density at radius 3 is 3.17 bits per heavy atom. The number of fused-ring (bicyclic) bond motifs is 3. The summed E-state index contributed by atoms with van der Waals surface area (Å²) in [4.78, 5) is 22.0. The van der Waals surface area contributed by atoms with E-state index >= 15 is 0 Å². The van der Waals surface area contributed by atoms with Gasteiger partial charge in [0.05, 0.1) is 5.70 Å². The molecule has 1 N–H and O–H groups in total. The second-order valence-corrected chi connectivity index (χ2v) is 3.46. The second kappa shape index (κ2) is 1.71. The molecule has 3 atom stereocenters. The highest BCUT2D eigenvalue weighted by atomic mass is 16.6. The number of carbonyl (C=O) groups excluding carboxylic acids is 2. The summed E-state index contributed by atoms with van der Waals surface area (Å²) in [6, 6.07) is 0. The number of carbonyl (C=O) groups is 2. The van der Waals surface area contributed by atoms with Gasteiger partial charge in [0.2, 0.25) is 0 Å². The molecule has 3 rings (SSSR count). The van der Waals surface area contributed by atoms with Crippen molar-refractivity contribution in [2.24, 2.45) is 11.8 Å². The predicted molar refractivity (Wildman–Crippen MR) is 38.1 cm³/mol. The lowest BCUT2D eigenvalue weighted by atomic mass is 10.0. The minimum atomic E-state index is -0.424. The van der Waals surface area contributed by atoms with Crippen LogP contribution in [0.4, 0.5) is 4.79 Å². The third kappa shape index (κ3) is 0.622. The Balaban J connectivity index is 2.02. The van der Waals surface area contributed by atoms with Crippen molar-refractivity contribution in [3.63, 3.8) is 0 Å². The van der Waals surface area contributed by atoms with Gasteiger partial charge in [-0.25, -0.2) is 4.79 Å². The summed E-state index contributed by atoms with van der Waals surface area (Å²) in [6.07, 6.45) is 1.80. The zero-order valence-electron chi connectivity index (χ0n) is 6.24. The number of ether oxygens (including phenoxy) is 1. The summed E-state index contributed by atoms with van der Waals surface area (Å²) in [5.41, 5.74) is 0.656. The molecule has 1 saturated carbocycles. The van der Waals surface area contributed by atoms with Crippen LogP contribution < -0.4 is 5.32 Å². The van der Waals surface area contributed by atoms with E-state index in [1.807, 2.05) is 0 Å². The molecule has 4 heteroatoms. The number of alkyl carbamates (subject to hydrolysis) is 1. The van der Waals surface area contributed by atoms with Crippen molar-refractivity contribution in [2.45, 2.75) is 12.5 Å². The summed E-state index contributed by atoms with van der Waals surface area (Å²) in [5.74, 6) is 0.528. The molecule has 0 bridgehead atoms. The van der Waals surface area contributed by atoms with E-state index in [4.69, 9.17) is 4.74 Å². The molecule has 0 aromatic heterocycles. The highest BCUT2D eigenvalue weighted by Gasteiger charge is 2.55. The lowest BCUT2D eigenvalue weighted by Gasteiger charge is -2.11. The number of nitrogens with one attached hydrogen (secondary N) is 1. The Labute approximate surface area is 68.6 Å². The van der Waals surface area contributed by atoms with E-state index in [9.17, 15) is 9.59 Å². The molecular formula is C8H7NO3. The smallest absolute Gasteiger partial charge is 0.412 e. The largest absolute Gasteiger partial charge is 0.439 e. The van der Waals surface area contributed by atoms with E-state index in [1.54, 1.807) is 0 Å². The number of rotatable bonds is 0. The van der Waals surface area contributed by atoms with E-state index in [0.717, 1.165) is 6.42 Å². The number of amides is 1. The van der Waals surface area contributed by atoms with E-state index in [-0.39, 0.29) is 23.7 Å². The molecule has 0 radical (unpaired) electrons. The van der Waals surface area contributed by atoms with Gasteiger partial charge in [0, 0.05) is 17.9 Å². The third-order valence-corrected chi connectivity index (χ3v) is 2.68. The SMILES string of the molecule is O=C1NC2=CC(=O)[C@H]3C[C@H]3[C@H]2O1. The fourth-order valence-corrected chi connectivity index (χ4v) is 1.97. The van der Waals surface area contributed by atoms with Gasteiger partial charge in [-0.05, 0) is 6.42 Å². The van der Waals surface area contributed by atoms with Crippen LogP contribution in [0, 0.1) is 11.8 Å². The molecule has 2 aliphatic carbocycles. The first-order valence-corrected chi connectivity index (χ1v) is 3.99. The van der Waals surface area contributed by atoms with Crippen molar-refractivity contribution in [2.75, 3.05) is 0 Å². The maximum absolute atomic E-state index is 11.2. The molecule has 4 nitrogen and oxygen atoms in total. The maximum atomic E-state index is 11.2. The molecule has 3 aliphatic rings. The van der Waals surface area contributed by atoms with E-state index in [2.05, 4.69) is 5.32 Å². The zero-order chi connectivity index (χ0) is 8.29. The van der Waals surface area contributed by atoms with Gasteiger partial charge in [0.15, 0.2) is 5.78 Å². The molecule has 12 heavy (non-hydrogen) atoms. The van der Waals surface area contributed by atoms with Crippen LogP contribution in [-0.4, -0.2) is 18.0 Å². The Kier molecular flexibility index (Phi) is 0.885. The Morgan fingerprint density at radius 2 is 2.33 bits per heavy atom. The maximum Gasteiger partial charge on any atom is 0.412 e. The quantitative estimate of drug-likeness (QED) is 0.557. The molecule has 62 valence electrons. The molecule has 0 aromatic carbocycles. The van der Waals surface area contributed by atoms with Crippen LogP contribution in [0.1, 0.15) is 6.42 Å². The number of hydrogen-bond donors (Lipinski definition) is 1. The third-order valence-electron chi connectivity index (χ3n) is 2.68. The highest BCUT2D eigenvalue weighted by molar-refractivity contribution is 5.97. The lowest BCUT2D eigenvalue weighted by Crippen LogP contribution is -2.22. The first-order valence-electron chi connectivity index (χ1n) is 3.99. The van der Waals surface area contributed by atoms with Gasteiger partial charge in [-0.1, -0.05) is 0 Å². The minimum absolute atomic E-state index is 0.131. The number of hydrogen-bond acceptors (Lipinski definition) is 3. The minimum Gasteiger partial charge on any atom is -0.439 e. The monoisotopic (exact) mass is 165 g/mol.